The Morgan fingerprint density at radius 3 is 2.54 bits per heavy atom. The summed E-state index contributed by atoms with van der Waals surface area (Å²) in [7, 11) is 0. The van der Waals surface area contributed by atoms with Gasteiger partial charge in [-0.2, -0.15) is 0 Å². The molecule has 0 spiro atoms. The Morgan fingerprint density at radius 2 is 2.00 bits per heavy atom. The lowest BCUT2D eigenvalue weighted by atomic mass is 9.81. The van der Waals surface area contributed by atoms with E-state index in [4.69, 9.17) is 5.73 Å². The molecule has 1 aliphatic rings. The monoisotopic (exact) mass is 175 g/mol. The Labute approximate surface area is 80.0 Å². The van der Waals surface area contributed by atoms with Gasteiger partial charge in [-0.15, -0.1) is 0 Å². The van der Waals surface area contributed by atoms with Gasteiger partial charge in [0.15, 0.2) is 0 Å². The van der Waals surface area contributed by atoms with Crippen molar-refractivity contribution < 1.29 is 0 Å². The number of hydrogen-bond acceptors (Lipinski definition) is 1. The van der Waals surface area contributed by atoms with Crippen molar-refractivity contribution in [2.75, 3.05) is 0 Å². The lowest BCUT2D eigenvalue weighted by molar-refractivity contribution is 0.482. The van der Waals surface area contributed by atoms with Crippen LogP contribution >= 0.6 is 0 Å². The first-order valence-corrected chi connectivity index (χ1v) is 5.02. The van der Waals surface area contributed by atoms with Crippen molar-refractivity contribution in [1.82, 2.24) is 0 Å². The van der Waals surface area contributed by atoms with E-state index >= 15 is 0 Å². The average Bonchev–Trinajstić information content (AvgIpc) is 2.49. The molecule has 1 nitrogen and oxygen atoms in total. The van der Waals surface area contributed by atoms with Gasteiger partial charge in [-0.05, 0) is 30.2 Å². The number of benzene rings is 1. The van der Waals surface area contributed by atoms with Gasteiger partial charge < -0.3 is 5.73 Å². The van der Waals surface area contributed by atoms with Crippen LogP contribution < -0.4 is 5.73 Å². The third kappa shape index (κ3) is 1.61. The van der Waals surface area contributed by atoms with E-state index in [2.05, 4.69) is 37.3 Å². The summed E-state index contributed by atoms with van der Waals surface area (Å²) in [6.45, 7) is 2.33. The summed E-state index contributed by atoms with van der Waals surface area (Å²) in [5, 5.41) is 0. The number of hydrogen-bond donors (Lipinski definition) is 1. The second kappa shape index (κ2) is 3.15. The van der Waals surface area contributed by atoms with Crippen molar-refractivity contribution in [2.24, 2.45) is 5.73 Å². The van der Waals surface area contributed by atoms with Crippen LogP contribution in [0.4, 0.5) is 0 Å². The Hall–Kier alpha value is -0.820. The number of nitrogens with two attached hydrogens (primary N) is 1. The van der Waals surface area contributed by atoms with Crippen molar-refractivity contribution in [3.8, 4) is 0 Å². The molecule has 1 aromatic rings. The van der Waals surface area contributed by atoms with Crippen molar-refractivity contribution in [3.63, 3.8) is 0 Å². The molecule has 2 N–H and O–H groups in total. The maximum Gasteiger partial charge on any atom is 0.00475 e. The molecule has 1 heteroatoms. The summed E-state index contributed by atoms with van der Waals surface area (Å²) in [6.07, 6.45) is 3.54. The summed E-state index contributed by atoms with van der Waals surface area (Å²) in [4.78, 5) is 0. The van der Waals surface area contributed by atoms with Gasteiger partial charge in [0.25, 0.3) is 0 Å². The second-order valence-electron chi connectivity index (χ2n) is 4.43. The van der Waals surface area contributed by atoms with Crippen LogP contribution in [0.5, 0.6) is 0 Å². The van der Waals surface area contributed by atoms with Gasteiger partial charge in [-0.1, -0.05) is 37.3 Å². The van der Waals surface area contributed by atoms with Crippen molar-refractivity contribution in [2.45, 2.75) is 37.6 Å². The molecule has 0 radical (unpaired) electrons. The second-order valence-corrected chi connectivity index (χ2v) is 4.43. The Balaban J connectivity index is 2.26. The zero-order chi connectivity index (χ0) is 9.31. The normalized spacial score (nSPS) is 33.5. The fourth-order valence-electron chi connectivity index (χ4n) is 2.39. The van der Waals surface area contributed by atoms with Gasteiger partial charge >= 0.3 is 0 Å². The van der Waals surface area contributed by atoms with Gasteiger partial charge in [0.05, 0.1) is 0 Å². The summed E-state index contributed by atoms with van der Waals surface area (Å²) in [5.41, 5.74) is 7.73. The zero-order valence-corrected chi connectivity index (χ0v) is 8.16. The lowest BCUT2D eigenvalue weighted by Gasteiger charge is -2.24. The molecule has 1 aromatic carbocycles. The van der Waals surface area contributed by atoms with Crippen LogP contribution in [0, 0.1) is 0 Å². The van der Waals surface area contributed by atoms with Crippen LogP contribution in [0.3, 0.4) is 0 Å². The van der Waals surface area contributed by atoms with Crippen LogP contribution in [0.2, 0.25) is 0 Å². The molecule has 70 valence electrons. The average molecular weight is 175 g/mol. The summed E-state index contributed by atoms with van der Waals surface area (Å²) < 4.78 is 0. The van der Waals surface area contributed by atoms with Crippen LogP contribution in [0.25, 0.3) is 0 Å². The van der Waals surface area contributed by atoms with Crippen LogP contribution in [0.1, 0.15) is 31.7 Å². The first-order valence-electron chi connectivity index (χ1n) is 5.02. The molecule has 0 aliphatic heterocycles. The Kier molecular flexibility index (Phi) is 2.12. The molecule has 0 heterocycles. The maximum absolute atomic E-state index is 5.95. The molecule has 13 heavy (non-hydrogen) atoms. The molecular weight excluding hydrogens is 158 g/mol. The van der Waals surface area contributed by atoms with Gasteiger partial charge in [0.1, 0.15) is 0 Å². The Bertz CT molecular complexity index is 280. The zero-order valence-electron chi connectivity index (χ0n) is 8.16. The lowest BCUT2D eigenvalue weighted by Crippen LogP contribution is -2.22. The minimum atomic E-state index is 0.334. The van der Waals surface area contributed by atoms with E-state index in [9.17, 15) is 0 Å². The van der Waals surface area contributed by atoms with E-state index in [0.717, 1.165) is 6.42 Å². The van der Waals surface area contributed by atoms with Crippen molar-refractivity contribution in [3.05, 3.63) is 35.9 Å². The van der Waals surface area contributed by atoms with Gasteiger partial charge in [0, 0.05) is 6.04 Å². The number of rotatable bonds is 1. The smallest absolute Gasteiger partial charge is 0.00475 e. The Morgan fingerprint density at radius 1 is 1.31 bits per heavy atom. The highest BCUT2D eigenvalue weighted by atomic mass is 14.7. The topological polar surface area (TPSA) is 26.0 Å². The SMILES string of the molecule is CC1(c2ccccc2)CCC(N)C1. The van der Waals surface area contributed by atoms with E-state index < -0.39 is 0 Å². The third-order valence-corrected chi connectivity index (χ3v) is 3.25. The highest BCUT2D eigenvalue weighted by molar-refractivity contribution is 5.26. The molecule has 1 saturated carbocycles. The van der Waals surface area contributed by atoms with Crippen LogP contribution in [-0.4, -0.2) is 6.04 Å². The minimum Gasteiger partial charge on any atom is -0.328 e. The standard InChI is InChI=1S/C12H17N/c1-12(8-7-11(13)9-12)10-5-3-2-4-6-10/h2-6,11H,7-9,13H2,1H3. The highest BCUT2D eigenvalue weighted by Gasteiger charge is 2.34. The minimum absolute atomic E-state index is 0.334. The summed E-state index contributed by atoms with van der Waals surface area (Å²) in [5.74, 6) is 0. The fourth-order valence-corrected chi connectivity index (χ4v) is 2.39. The van der Waals surface area contributed by atoms with Crippen molar-refractivity contribution >= 4 is 0 Å². The van der Waals surface area contributed by atoms with Gasteiger partial charge in [-0.3, -0.25) is 0 Å². The molecule has 0 bridgehead atoms. The molecule has 0 saturated heterocycles. The fraction of sp³-hybridized carbons (Fsp3) is 0.500. The molecule has 1 fully saturated rings. The van der Waals surface area contributed by atoms with Crippen LogP contribution in [-0.2, 0) is 5.41 Å². The first kappa shape index (κ1) is 8.76. The quantitative estimate of drug-likeness (QED) is 0.697. The van der Waals surface area contributed by atoms with Gasteiger partial charge in [-0.25, -0.2) is 0 Å². The molecular formula is C12H17N. The van der Waals surface area contributed by atoms with E-state index in [-0.39, 0.29) is 0 Å². The molecule has 2 unspecified atom stereocenters. The van der Waals surface area contributed by atoms with Gasteiger partial charge in [0.2, 0.25) is 0 Å². The highest BCUT2D eigenvalue weighted by Crippen LogP contribution is 2.39. The maximum atomic E-state index is 5.95. The van der Waals surface area contributed by atoms with Crippen LogP contribution in [0.15, 0.2) is 30.3 Å². The van der Waals surface area contributed by atoms with E-state index in [1.807, 2.05) is 0 Å². The predicted octanol–water partition coefficient (Wildman–Crippen LogP) is 2.46. The summed E-state index contributed by atoms with van der Waals surface area (Å²) >= 11 is 0. The molecule has 0 amide bonds. The van der Waals surface area contributed by atoms with E-state index in [0.29, 0.717) is 11.5 Å². The summed E-state index contributed by atoms with van der Waals surface area (Å²) in [6, 6.07) is 11.2. The third-order valence-electron chi connectivity index (χ3n) is 3.25. The first-order chi connectivity index (χ1) is 6.21. The van der Waals surface area contributed by atoms with E-state index in [1.54, 1.807) is 0 Å². The van der Waals surface area contributed by atoms with Crippen molar-refractivity contribution in [1.29, 1.82) is 0 Å². The molecule has 1 aliphatic carbocycles. The van der Waals surface area contributed by atoms with E-state index in [1.165, 1.54) is 18.4 Å². The molecule has 0 aromatic heterocycles. The largest absolute Gasteiger partial charge is 0.328 e. The molecule has 2 atom stereocenters. The molecule has 2 rings (SSSR count). The predicted molar refractivity (Wildman–Crippen MR) is 55.6 cm³/mol.